The van der Waals surface area contributed by atoms with E-state index >= 15 is 0 Å². The number of carbonyl (C=O) groups is 1. The number of carbonyl (C=O) groups excluding carboxylic acids is 1. The highest BCUT2D eigenvalue weighted by Crippen LogP contribution is 2.31. The highest BCUT2D eigenvalue weighted by molar-refractivity contribution is 5.76. The van der Waals surface area contributed by atoms with Crippen LogP contribution < -0.4 is 10.2 Å². The number of aryl methyl sites for hydroxylation is 1. The minimum absolute atomic E-state index is 0.0533. The summed E-state index contributed by atoms with van der Waals surface area (Å²) in [7, 11) is 0. The Morgan fingerprint density at radius 3 is 2.52 bits per heavy atom. The molecular weight excluding hydrogens is 361 g/mol. The van der Waals surface area contributed by atoms with Gasteiger partial charge in [0.1, 0.15) is 17.3 Å². The molecule has 1 aromatic heterocycles. The van der Waals surface area contributed by atoms with Gasteiger partial charge in [-0.2, -0.15) is 13.2 Å². The van der Waals surface area contributed by atoms with Crippen molar-refractivity contribution in [2.24, 2.45) is 5.92 Å². The summed E-state index contributed by atoms with van der Waals surface area (Å²) in [5.74, 6) is 0.710. The summed E-state index contributed by atoms with van der Waals surface area (Å²) in [6, 6.07) is 1.20. The molecular formula is C18H25F3N4O2. The Labute approximate surface area is 156 Å². The lowest BCUT2D eigenvalue weighted by Crippen LogP contribution is -2.41. The molecule has 1 aromatic rings. The van der Waals surface area contributed by atoms with E-state index < -0.39 is 11.9 Å². The van der Waals surface area contributed by atoms with Gasteiger partial charge in [-0.1, -0.05) is 0 Å². The van der Waals surface area contributed by atoms with E-state index in [-0.39, 0.29) is 23.7 Å². The number of aromatic nitrogens is 2. The molecule has 150 valence electrons. The molecule has 1 N–H and O–H groups in total. The standard InChI is InChI=1S/C18H25F3N4O2/c1-12-22-15(18(19,20)21)11-16(23-12)25-6-2-13(3-7-25)10-17(26)24-14-4-8-27-9-5-14/h11,13-14H,2-10H2,1H3,(H,24,26). The first kappa shape index (κ1) is 19.9. The molecule has 2 aliphatic heterocycles. The predicted octanol–water partition coefficient (Wildman–Crippen LogP) is 2.71. The van der Waals surface area contributed by atoms with Crippen LogP contribution in [0.1, 0.15) is 43.6 Å². The maximum Gasteiger partial charge on any atom is 0.433 e. The van der Waals surface area contributed by atoms with Crippen LogP contribution in [-0.4, -0.2) is 48.2 Å². The Morgan fingerprint density at radius 2 is 1.89 bits per heavy atom. The number of nitrogens with zero attached hydrogens (tertiary/aromatic N) is 3. The number of hydrogen-bond donors (Lipinski definition) is 1. The summed E-state index contributed by atoms with van der Waals surface area (Å²) in [5.41, 5.74) is -0.914. The molecule has 2 fully saturated rings. The number of rotatable bonds is 4. The third-order valence-electron chi connectivity index (χ3n) is 5.11. The van der Waals surface area contributed by atoms with Crippen molar-refractivity contribution in [1.82, 2.24) is 15.3 Å². The Kier molecular flexibility index (Phi) is 6.18. The van der Waals surface area contributed by atoms with Gasteiger partial charge in [0.15, 0.2) is 0 Å². The average molecular weight is 386 g/mol. The van der Waals surface area contributed by atoms with Crippen molar-refractivity contribution in [2.45, 2.75) is 51.2 Å². The third kappa shape index (κ3) is 5.54. The Balaban J connectivity index is 1.51. The first-order valence-corrected chi connectivity index (χ1v) is 9.36. The van der Waals surface area contributed by atoms with Crippen LogP contribution in [0.2, 0.25) is 0 Å². The zero-order valence-corrected chi connectivity index (χ0v) is 15.4. The van der Waals surface area contributed by atoms with Crippen LogP contribution in [-0.2, 0) is 15.7 Å². The van der Waals surface area contributed by atoms with Gasteiger partial charge in [-0.25, -0.2) is 9.97 Å². The lowest BCUT2D eigenvalue weighted by Gasteiger charge is -2.33. The van der Waals surface area contributed by atoms with Crippen LogP contribution in [0.15, 0.2) is 6.07 Å². The fraction of sp³-hybridized carbons (Fsp3) is 0.722. The Hall–Kier alpha value is -1.90. The van der Waals surface area contributed by atoms with E-state index in [0.717, 1.165) is 31.7 Å². The van der Waals surface area contributed by atoms with Crippen LogP contribution in [0.3, 0.4) is 0 Å². The quantitative estimate of drug-likeness (QED) is 0.862. The zero-order valence-electron chi connectivity index (χ0n) is 15.4. The van der Waals surface area contributed by atoms with Gasteiger partial charge >= 0.3 is 6.18 Å². The molecule has 1 amide bonds. The first-order chi connectivity index (χ1) is 12.8. The van der Waals surface area contributed by atoms with Crippen molar-refractivity contribution in [1.29, 1.82) is 0 Å². The van der Waals surface area contributed by atoms with Gasteiger partial charge in [0.25, 0.3) is 0 Å². The molecule has 0 bridgehead atoms. The molecule has 0 spiro atoms. The monoisotopic (exact) mass is 386 g/mol. The molecule has 0 saturated carbocycles. The lowest BCUT2D eigenvalue weighted by molar-refractivity contribution is -0.141. The van der Waals surface area contributed by atoms with Gasteiger partial charge in [0.05, 0.1) is 0 Å². The SMILES string of the molecule is Cc1nc(N2CCC(CC(=O)NC3CCOCC3)CC2)cc(C(F)(F)F)n1. The molecule has 0 radical (unpaired) electrons. The molecule has 3 rings (SSSR count). The fourth-order valence-electron chi connectivity index (χ4n) is 3.62. The van der Waals surface area contributed by atoms with Crippen LogP contribution in [0.25, 0.3) is 0 Å². The van der Waals surface area contributed by atoms with E-state index in [9.17, 15) is 18.0 Å². The molecule has 0 unspecified atom stereocenters. The highest BCUT2D eigenvalue weighted by atomic mass is 19.4. The number of amides is 1. The van der Waals surface area contributed by atoms with Crippen molar-refractivity contribution in [2.75, 3.05) is 31.2 Å². The summed E-state index contributed by atoms with van der Waals surface area (Å²) >= 11 is 0. The highest BCUT2D eigenvalue weighted by Gasteiger charge is 2.34. The smallest absolute Gasteiger partial charge is 0.381 e. The van der Waals surface area contributed by atoms with Gasteiger partial charge in [-0.05, 0) is 38.5 Å². The van der Waals surface area contributed by atoms with Crippen molar-refractivity contribution < 1.29 is 22.7 Å². The van der Waals surface area contributed by atoms with E-state index in [1.165, 1.54) is 6.92 Å². The summed E-state index contributed by atoms with van der Waals surface area (Å²) < 4.78 is 44.1. The molecule has 9 heteroatoms. The molecule has 0 aliphatic carbocycles. The fourth-order valence-corrected chi connectivity index (χ4v) is 3.62. The van der Waals surface area contributed by atoms with Gasteiger partial charge < -0.3 is 15.0 Å². The summed E-state index contributed by atoms with van der Waals surface area (Å²) in [6.07, 6.45) is -0.820. The number of halogens is 3. The summed E-state index contributed by atoms with van der Waals surface area (Å²) in [4.78, 5) is 21.7. The third-order valence-corrected chi connectivity index (χ3v) is 5.11. The van der Waals surface area contributed by atoms with Gasteiger partial charge in [-0.15, -0.1) is 0 Å². The molecule has 27 heavy (non-hydrogen) atoms. The topological polar surface area (TPSA) is 67.4 Å². The van der Waals surface area contributed by atoms with Gasteiger partial charge in [0, 0.05) is 44.8 Å². The predicted molar refractivity (Wildman–Crippen MR) is 93.3 cm³/mol. The van der Waals surface area contributed by atoms with Crippen molar-refractivity contribution in [3.8, 4) is 0 Å². The van der Waals surface area contributed by atoms with Crippen LogP contribution in [0.4, 0.5) is 19.0 Å². The van der Waals surface area contributed by atoms with Gasteiger partial charge in [-0.3, -0.25) is 4.79 Å². The van der Waals surface area contributed by atoms with Crippen LogP contribution in [0.5, 0.6) is 0 Å². The summed E-state index contributed by atoms with van der Waals surface area (Å²) in [6.45, 7) is 4.00. The molecule has 6 nitrogen and oxygen atoms in total. The molecule has 2 saturated heterocycles. The zero-order chi connectivity index (χ0) is 19.4. The second kappa shape index (κ2) is 8.41. The number of ether oxygens (including phenoxy) is 1. The van der Waals surface area contributed by atoms with Crippen molar-refractivity contribution in [3.05, 3.63) is 17.6 Å². The largest absolute Gasteiger partial charge is 0.433 e. The second-order valence-electron chi connectivity index (χ2n) is 7.25. The normalized spacial score (nSPS) is 19.9. The Bertz CT molecular complexity index is 654. The van der Waals surface area contributed by atoms with E-state index in [1.807, 2.05) is 4.90 Å². The van der Waals surface area contributed by atoms with E-state index in [1.54, 1.807) is 0 Å². The van der Waals surface area contributed by atoms with E-state index in [2.05, 4.69) is 15.3 Å². The molecule has 0 atom stereocenters. The molecule has 0 aromatic carbocycles. The minimum atomic E-state index is -4.48. The van der Waals surface area contributed by atoms with E-state index in [0.29, 0.717) is 38.5 Å². The number of anilines is 1. The lowest BCUT2D eigenvalue weighted by atomic mass is 9.93. The maximum atomic E-state index is 13.0. The first-order valence-electron chi connectivity index (χ1n) is 9.36. The van der Waals surface area contributed by atoms with E-state index in [4.69, 9.17) is 4.74 Å². The summed E-state index contributed by atoms with van der Waals surface area (Å²) in [5, 5.41) is 3.06. The average Bonchev–Trinajstić information content (AvgIpc) is 2.62. The van der Waals surface area contributed by atoms with Gasteiger partial charge in [0.2, 0.25) is 5.91 Å². The second-order valence-corrected chi connectivity index (χ2v) is 7.25. The molecule has 3 heterocycles. The number of hydrogen-bond acceptors (Lipinski definition) is 5. The Morgan fingerprint density at radius 1 is 1.22 bits per heavy atom. The minimum Gasteiger partial charge on any atom is -0.381 e. The molecule has 2 aliphatic rings. The number of alkyl halides is 3. The van der Waals surface area contributed by atoms with Crippen LogP contribution in [0, 0.1) is 12.8 Å². The maximum absolute atomic E-state index is 13.0. The van der Waals surface area contributed by atoms with Crippen molar-refractivity contribution >= 4 is 11.7 Å². The number of nitrogens with one attached hydrogen (secondary N) is 1. The number of piperidine rings is 1. The van der Waals surface area contributed by atoms with Crippen LogP contribution >= 0.6 is 0 Å². The van der Waals surface area contributed by atoms with Crippen molar-refractivity contribution in [3.63, 3.8) is 0 Å².